The molecule has 0 aliphatic heterocycles. The minimum Gasteiger partial charge on any atom is -0.469 e. The van der Waals surface area contributed by atoms with Crippen molar-refractivity contribution in [3.8, 4) is 6.07 Å². The van der Waals surface area contributed by atoms with Crippen LogP contribution < -0.4 is 0 Å². The first-order valence-corrected chi connectivity index (χ1v) is 6.47. The molecule has 0 aromatic rings. The zero-order valence-corrected chi connectivity index (χ0v) is 13.1. The molecule has 0 bridgehead atoms. The summed E-state index contributed by atoms with van der Waals surface area (Å²) >= 11 is 0. The van der Waals surface area contributed by atoms with E-state index >= 15 is 0 Å². The Bertz CT molecular complexity index is 391. The van der Waals surface area contributed by atoms with Crippen LogP contribution >= 0.6 is 0 Å². The van der Waals surface area contributed by atoms with Gasteiger partial charge in [-0.3, -0.25) is 4.79 Å². The van der Waals surface area contributed by atoms with E-state index in [1.54, 1.807) is 34.6 Å². The lowest BCUT2D eigenvalue weighted by atomic mass is 9.93. The standard InChI is InChI=1S/C14H24N2O4/c1-13(2,3)20-12(18)16(9-7-8-15)10-14(4,5)11(17)19-6/h7,9-10H2,1-6H3. The zero-order valence-electron chi connectivity index (χ0n) is 13.1. The molecular formula is C14H24N2O4. The van der Waals surface area contributed by atoms with Gasteiger partial charge in [-0.05, 0) is 34.6 Å². The number of amides is 1. The summed E-state index contributed by atoms with van der Waals surface area (Å²) in [7, 11) is 1.30. The highest BCUT2D eigenvalue weighted by atomic mass is 16.6. The van der Waals surface area contributed by atoms with E-state index in [9.17, 15) is 9.59 Å². The molecule has 0 aliphatic carbocycles. The summed E-state index contributed by atoms with van der Waals surface area (Å²) in [4.78, 5) is 25.1. The molecule has 1 amide bonds. The van der Waals surface area contributed by atoms with Crippen molar-refractivity contribution in [2.24, 2.45) is 5.41 Å². The van der Waals surface area contributed by atoms with Gasteiger partial charge in [0.2, 0.25) is 0 Å². The summed E-state index contributed by atoms with van der Waals surface area (Å²) in [6.07, 6.45) is -0.360. The number of carbonyl (C=O) groups is 2. The fourth-order valence-corrected chi connectivity index (χ4v) is 1.56. The number of nitriles is 1. The monoisotopic (exact) mass is 284 g/mol. The van der Waals surface area contributed by atoms with E-state index in [4.69, 9.17) is 14.7 Å². The normalized spacial score (nSPS) is 11.4. The van der Waals surface area contributed by atoms with Crippen LogP contribution in [0.3, 0.4) is 0 Å². The third-order valence-corrected chi connectivity index (χ3v) is 2.47. The highest BCUT2D eigenvalue weighted by Crippen LogP contribution is 2.21. The molecule has 0 rings (SSSR count). The second-order valence-electron chi connectivity index (χ2n) is 6.19. The van der Waals surface area contributed by atoms with Gasteiger partial charge in [-0.2, -0.15) is 5.26 Å². The first-order chi connectivity index (χ1) is 9.03. The Morgan fingerprint density at radius 3 is 2.15 bits per heavy atom. The van der Waals surface area contributed by atoms with Crippen molar-refractivity contribution in [1.29, 1.82) is 5.26 Å². The van der Waals surface area contributed by atoms with Gasteiger partial charge in [0.1, 0.15) is 5.60 Å². The number of carbonyl (C=O) groups excluding carboxylic acids is 2. The van der Waals surface area contributed by atoms with Crippen LogP contribution in [0.2, 0.25) is 0 Å². The van der Waals surface area contributed by atoms with Gasteiger partial charge < -0.3 is 14.4 Å². The van der Waals surface area contributed by atoms with Gasteiger partial charge in [0.15, 0.2) is 0 Å². The Labute approximate surface area is 120 Å². The Kier molecular flexibility index (Phi) is 6.50. The minimum atomic E-state index is -0.860. The second kappa shape index (κ2) is 7.13. The van der Waals surface area contributed by atoms with Crippen LogP contribution in [0.1, 0.15) is 41.0 Å². The van der Waals surface area contributed by atoms with Crippen molar-refractivity contribution in [3.05, 3.63) is 0 Å². The van der Waals surface area contributed by atoms with Crippen LogP contribution in [-0.2, 0) is 14.3 Å². The summed E-state index contributed by atoms with van der Waals surface area (Å²) in [5, 5.41) is 8.66. The molecule has 0 radical (unpaired) electrons. The van der Waals surface area contributed by atoms with Crippen molar-refractivity contribution in [1.82, 2.24) is 4.90 Å². The first-order valence-electron chi connectivity index (χ1n) is 6.47. The van der Waals surface area contributed by atoms with E-state index in [2.05, 4.69) is 0 Å². The number of rotatable bonds is 5. The molecule has 0 saturated carbocycles. The molecule has 0 N–H and O–H groups in total. The van der Waals surface area contributed by atoms with Gasteiger partial charge in [-0.15, -0.1) is 0 Å². The van der Waals surface area contributed by atoms with Crippen LogP contribution in [0, 0.1) is 16.7 Å². The van der Waals surface area contributed by atoms with Crippen LogP contribution in [0.4, 0.5) is 4.79 Å². The molecule has 0 fully saturated rings. The van der Waals surface area contributed by atoms with Gasteiger partial charge in [0, 0.05) is 13.1 Å². The molecule has 6 heteroatoms. The zero-order chi connectivity index (χ0) is 16.0. The van der Waals surface area contributed by atoms with Crippen molar-refractivity contribution >= 4 is 12.1 Å². The van der Waals surface area contributed by atoms with Gasteiger partial charge in [-0.1, -0.05) is 0 Å². The van der Waals surface area contributed by atoms with Gasteiger partial charge >= 0.3 is 12.1 Å². The average molecular weight is 284 g/mol. The maximum atomic E-state index is 12.1. The van der Waals surface area contributed by atoms with Crippen molar-refractivity contribution in [3.63, 3.8) is 0 Å². The van der Waals surface area contributed by atoms with Crippen LogP contribution in [-0.4, -0.2) is 42.8 Å². The highest BCUT2D eigenvalue weighted by molar-refractivity contribution is 5.77. The largest absolute Gasteiger partial charge is 0.469 e. The van der Waals surface area contributed by atoms with Gasteiger partial charge in [0.25, 0.3) is 0 Å². The molecule has 0 spiro atoms. The van der Waals surface area contributed by atoms with Crippen molar-refractivity contribution in [2.45, 2.75) is 46.6 Å². The van der Waals surface area contributed by atoms with E-state index in [1.807, 2.05) is 6.07 Å². The van der Waals surface area contributed by atoms with Crippen molar-refractivity contribution in [2.75, 3.05) is 20.2 Å². The summed E-state index contributed by atoms with van der Waals surface area (Å²) in [5.41, 5.74) is -1.49. The molecule has 0 aromatic carbocycles. The van der Waals surface area contributed by atoms with E-state index in [0.717, 1.165) is 0 Å². The molecule has 20 heavy (non-hydrogen) atoms. The predicted molar refractivity (Wildman–Crippen MR) is 73.8 cm³/mol. The van der Waals surface area contributed by atoms with Crippen LogP contribution in [0.25, 0.3) is 0 Å². The highest BCUT2D eigenvalue weighted by Gasteiger charge is 2.34. The smallest absolute Gasteiger partial charge is 0.410 e. The number of nitrogens with zero attached hydrogens (tertiary/aromatic N) is 2. The fourth-order valence-electron chi connectivity index (χ4n) is 1.56. The lowest BCUT2D eigenvalue weighted by Gasteiger charge is -2.32. The first kappa shape index (κ1) is 18.2. The molecule has 0 aromatic heterocycles. The molecule has 114 valence electrons. The summed E-state index contributed by atoms with van der Waals surface area (Å²) in [6.45, 7) is 9.00. The summed E-state index contributed by atoms with van der Waals surface area (Å²) < 4.78 is 10.00. The summed E-state index contributed by atoms with van der Waals surface area (Å²) in [6, 6.07) is 1.98. The molecule has 0 aliphatic rings. The average Bonchev–Trinajstić information content (AvgIpc) is 2.30. The second-order valence-corrected chi connectivity index (χ2v) is 6.19. The number of ether oxygens (including phenoxy) is 2. The van der Waals surface area contributed by atoms with Crippen LogP contribution in [0.15, 0.2) is 0 Å². The SMILES string of the molecule is COC(=O)C(C)(C)CN(CCC#N)C(=O)OC(C)(C)C. The third-order valence-electron chi connectivity index (χ3n) is 2.47. The Balaban J connectivity index is 4.94. The third kappa shape index (κ3) is 6.41. The summed E-state index contributed by atoms with van der Waals surface area (Å²) in [5.74, 6) is -0.414. The molecular weight excluding hydrogens is 260 g/mol. The molecule has 0 saturated heterocycles. The quantitative estimate of drug-likeness (QED) is 0.724. The maximum Gasteiger partial charge on any atom is 0.410 e. The number of esters is 1. The number of methoxy groups -OCH3 is 1. The van der Waals surface area contributed by atoms with Gasteiger partial charge in [0.05, 0.1) is 25.0 Å². The Morgan fingerprint density at radius 2 is 1.75 bits per heavy atom. The van der Waals surface area contributed by atoms with Crippen LogP contribution in [0.5, 0.6) is 0 Å². The van der Waals surface area contributed by atoms with E-state index in [1.165, 1.54) is 12.0 Å². The topological polar surface area (TPSA) is 79.6 Å². The number of hydrogen-bond donors (Lipinski definition) is 0. The fraction of sp³-hybridized carbons (Fsp3) is 0.786. The molecule has 0 atom stereocenters. The molecule has 0 heterocycles. The molecule has 0 unspecified atom stereocenters. The number of hydrogen-bond acceptors (Lipinski definition) is 5. The lowest BCUT2D eigenvalue weighted by Crippen LogP contribution is -2.45. The Morgan fingerprint density at radius 1 is 1.20 bits per heavy atom. The van der Waals surface area contributed by atoms with Crippen molar-refractivity contribution < 1.29 is 19.1 Å². The predicted octanol–water partition coefficient (Wildman–Crippen LogP) is 2.34. The van der Waals surface area contributed by atoms with E-state index in [0.29, 0.717) is 0 Å². The van der Waals surface area contributed by atoms with E-state index < -0.39 is 23.1 Å². The Hall–Kier alpha value is -1.77. The van der Waals surface area contributed by atoms with Gasteiger partial charge in [-0.25, -0.2) is 4.79 Å². The maximum absolute atomic E-state index is 12.1. The minimum absolute atomic E-state index is 0.135. The lowest BCUT2D eigenvalue weighted by molar-refractivity contribution is -0.151. The molecule has 6 nitrogen and oxygen atoms in total. The van der Waals surface area contributed by atoms with E-state index in [-0.39, 0.29) is 19.5 Å².